The molecule has 0 spiro atoms. The Hall–Kier alpha value is -1.43. The highest BCUT2D eigenvalue weighted by molar-refractivity contribution is 5.80. The number of nitrogens with zero attached hydrogens (tertiary/aromatic N) is 1. The number of carbonyl (C=O) groups is 1. The van der Waals surface area contributed by atoms with Crippen molar-refractivity contribution in [3.05, 3.63) is 35.9 Å². The molecule has 2 saturated heterocycles. The van der Waals surface area contributed by atoms with Crippen molar-refractivity contribution in [1.82, 2.24) is 10.2 Å². The fourth-order valence-electron chi connectivity index (χ4n) is 3.49. The third kappa shape index (κ3) is 4.31. The first kappa shape index (κ1) is 16.4. The summed E-state index contributed by atoms with van der Waals surface area (Å²) in [5, 5.41) is 2.69. The molecule has 1 amide bonds. The second-order valence-corrected chi connectivity index (χ2v) is 6.40. The lowest BCUT2D eigenvalue weighted by Crippen LogP contribution is -2.43. The summed E-state index contributed by atoms with van der Waals surface area (Å²) in [4.78, 5) is 14.1. The van der Waals surface area contributed by atoms with Gasteiger partial charge < -0.3 is 14.8 Å². The molecule has 1 aromatic carbocycles. The molecule has 0 unspecified atom stereocenters. The lowest BCUT2D eigenvalue weighted by molar-refractivity contribution is -0.132. The molecular weight excluding hydrogens is 292 g/mol. The zero-order valence-electron chi connectivity index (χ0n) is 13.7. The Morgan fingerprint density at radius 3 is 3.00 bits per heavy atom. The molecule has 1 N–H and O–H groups in total. The minimum atomic E-state index is -0.260. The molecule has 3 atom stereocenters. The summed E-state index contributed by atoms with van der Waals surface area (Å²) in [5.41, 5.74) is 1.21. The maximum absolute atomic E-state index is 11.7. The minimum absolute atomic E-state index is 0.0112. The number of likely N-dealkylation sites (tertiary alicyclic amines) is 1. The molecule has 3 rings (SSSR count). The van der Waals surface area contributed by atoms with Crippen molar-refractivity contribution in [3.63, 3.8) is 0 Å². The van der Waals surface area contributed by atoms with Gasteiger partial charge in [0.1, 0.15) is 6.10 Å². The maximum atomic E-state index is 11.7. The Kier molecular flexibility index (Phi) is 5.65. The predicted molar refractivity (Wildman–Crippen MR) is 88.0 cm³/mol. The van der Waals surface area contributed by atoms with Gasteiger partial charge in [-0.1, -0.05) is 30.3 Å². The quantitative estimate of drug-likeness (QED) is 0.806. The monoisotopic (exact) mass is 318 g/mol. The Morgan fingerprint density at radius 2 is 2.22 bits per heavy atom. The van der Waals surface area contributed by atoms with Crippen LogP contribution < -0.4 is 5.32 Å². The fourth-order valence-corrected chi connectivity index (χ4v) is 3.49. The molecule has 0 saturated carbocycles. The molecule has 2 aliphatic rings. The lowest BCUT2D eigenvalue weighted by atomic mass is 9.91. The number of fused-ring (bicyclic) bond motifs is 1. The standard InChI is InChI=1S/C18H26N2O3/c1-19-18(21)16-11-15-7-8-20(12-17(15)23-16)9-10-22-13-14-5-3-2-4-6-14/h2-6,15-17H,7-13H2,1H3,(H,19,21)/t15-,16-,17+/m0/s1. The first-order chi connectivity index (χ1) is 11.3. The number of likely N-dealkylation sites (N-methyl/N-ethyl adjacent to an activating group) is 1. The second-order valence-electron chi connectivity index (χ2n) is 6.40. The Balaban J connectivity index is 1.37. The van der Waals surface area contributed by atoms with Crippen LogP contribution in [0.15, 0.2) is 30.3 Å². The van der Waals surface area contributed by atoms with Crippen LogP contribution in [-0.2, 0) is 20.9 Å². The van der Waals surface area contributed by atoms with Gasteiger partial charge in [-0.15, -0.1) is 0 Å². The highest BCUT2D eigenvalue weighted by Crippen LogP contribution is 2.33. The van der Waals surface area contributed by atoms with E-state index in [0.29, 0.717) is 12.5 Å². The molecule has 2 fully saturated rings. The third-order valence-electron chi connectivity index (χ3n) is 4.84. The van der Waals surface area contributed by atoms with Crippen LogP contribution >= 0.6 is 0 Å². The number of hydrogen-bond donors (Lipinski definition) is 1. The number of hydrogen-bond acceptors (Lipinski definition) is 4. The molecule has 126 valence electrons. The molecule has 0 radical (unpaired) electrons. The van der Waals surface area contributed by atoms with Crippen LogP contribution in [0, 0.1) is 5.92 Å². The Morgan fingerprint density at radius 1 is 1.39 bits per heavy atom. The van der Waals surface area contributed by atoms with E-state index in [4.69, 9.17) is 9.47 Å². The fraction of sp³-hybridized carbons (Fsp3) is 0.611. The van der Waals surface area contributed by atoms with E-state index in [1.165, 1.54) is 5.56 Å². The molecule has 0 aromatic heterocycles. The van der Waals surface area contributed by atoms with Crippen molar-refractivity contribution in [1.29, 1.82) is 0 Å². The van der Waals surface area contributed by atoms with Crippen LogP contribution in [0.5, 0.6) is 0 Å². The smallest absolute Gasteiger partial charge is 0.248 e. The van der Waals surface area contributed by atoms with Crippen molar-refractivity contribution in [2.45, 2.75) is 31.7 Å². The van der Waals surface area contributed by atoms with Gasteiger partial charge in [0.05, 0.1) is 19.3 Å². The van der Waals surface area contributed by atoms with Crippen LogP contribution in [0.25, 0.3) is 0 Å². The average molecular weight is 318 g/mol. The first-order valence-electron chi connectivity index (χ1n) is 8.47. The van der Waals surface area contributed by atoms with Gasteiger partial charge in [0.15, 0.2) is 0 Å². The molecule has 2 aliphatic heterocycles. The second kappa shape index (κ2) is 7.90. The van der Waals surface area contributed by atoms with Gasteiger partial charge in [-0.2, -0.15) is 0 Å². The summed E-state index contributed by atoms with van der Waals surface area (Å²) in [6.07, 6.45) is 1.91. The van der Waals surface area contributed by atoms with Gasteiger partial charge in [-0.25, -0.2) is 0 Å². The number of piperidine rings is 1. The van der Waals surface area contributed by atoms with E-state index in [0.717, 1.165) is 39.1 Å². The highest BCUT2D eigenvalue weighted by Gasteiger charge is 2.41. The number of ether oxygens (including phenoxy) is 2. The Bertz CT molecular complexity index is 508. The van der Waals surface area contributed by atoms with Crippen molar-refractivity contribution >= 4 is 5.91 Å². The number of rotatable bonds is 6. The van der Waals surface area contributed by atoms with Crippen LogP contribution in [0.3, 0.4) is 0 Å². The van der Waals surface area contributed by atoms with Crippen molar-refractivity contribution in [2.75, 3.05) is 33.3 Å². The van der Waals surface area contributed by atoms with E-state index in [-0.39, 0.29) is 18.1 Å². The first-order valence-corrected chi connectivity index (χ1v) is 8.47. The summed E-state index contributed by atoms with van der Waals surface area (Å²) in [5.74, 6) is 0.538. The number of benzene rings is 1. The van der Waals surface area contributed by atoms with Gasteiger partial charge in [0.2, 0.25) is 5.91 Å². The molecule has 0 bridgehead atoms. The lowest BCUT2D eigenvalue weighted by Gasteiger charge is -2.33. The van der Waals surface area contributed by atoms with E-state index >= 15 is 0 Å². The van der Waals surface area contributed by atoms with Crippen LogP contribution in [0.2, 0.25) is 0 Å². The van der Waals surface area contributed by atoms with E-state index < -0.39 is 0 Å². The highest BCUT2D eigenvalue weighted by atomic mass is 16.5. The van der Waals surface area contributed by atoms with Gasteiger partial charge >= 0.3 is 0 Å². The zero-order valence-corrected chi connectivity index (χ0v) is 13.7. The van der Waals surface area contributed by atoms with Crippen molar-refractivity contribution < 1.29 is 14.3 Å². The third-order valence-corrected chi connectivity index (χ3v) is 4.84. The largest absolute Gasteiger partial charge is 0.375 e. The van der Waals surface area contributed by atoms with Crippen LogP contribution in [0.4, 0.5) is 0 Å². The average Bonchev–Trinajstić information content (AvgIpc) is 3.02. The van der Waals surface area contributed by atoms with E-state index in [2.05, 4.69) is 22.3 Å². The van der Waals surface area contributed by atoms with E-state index in [1.54, 1.807) is 7.05 Å². The molecular formula is C18H26N2O3. The molecule has 2 heterocycles. The molecule has 23 heavy (non-hydrogen) atoms. The summed E-state index contributed by atoms with van der Waals surface area (Å²) in [6, 6.07) is 10.2. The molecule has 1 aromatic rings. The Labute approximate surface area is 137 Å². The van der Waals surface area contributed by atoms with Crippen molar-refractivity contribution in [3.8, 4) is 0 Å². The predicted octanol–water partition coefficient (Wildman–Crippen LogP) is 1.43. The van der Waals surface area contributed by atoms with Gasteiger partial charge in [-0.3, -0.25) is 9.69 Å². The van der Waals surface area contributed by atoms with Crippen LogP contribution in [-0.4, -0.2) is 56.3 Å². The maximum Gasteiger partial charge on any atom is 0.248 e. The summed E-state index contributed by atoms with van der Waals surface area (Å²) >= 11 is 0. The topological polar surface area (TPSA) is 50.8 Å². The van der Waals surface area contributed by atoms with E-state index in [1.807, 2.05) is 18.2 Å². The number of nitrogens with one attached hydrogen (secondary N) is 1. The zero-order chi connectivity index (χ0) is 16.1. The minimum Gasteiger partial charge on any atom is -0.375 e. The van der Waals surface area contributed by atoms with Gasteiger partial charge in [0, 0.05) is 20.1 Å². The summed E-state index contributed by atoms with van der Waals surface area (Å²) in [6.45, 7) is 4.29. The van der Waals surface area contributed by atoms with Crippen LogP contribution in [0.1, 0.15) is 18.4 Å². The summed E-state index contributed by atoms with van der Waals surface area (Å²) in [7, 11) is 1.67. The van der Waals surface area contributed by atoms with Crippen molar-refractivity contribution in [2.24, 2.45) is 5.92 Å². The normalized spacial score (nSPS) is 27.6. The van der Waals surface area contributed by atoms with Gasteiger partial charge in [-0.05, 0) is 30.9 Å². The SMILES string of the molecule is CNC(=O)[C@@H]1C[C@@H]2CCN(CCOCc3ccccc3)C[C@H]2O1. The molecule has 5 heteroatoms. The molecule has 0 aliphatic carbocycles. The summed E-state index contributed by atoms with van der Waals surface area (Å²) < 4.78 is 11.7. The number of amides is 1. The van der Waals surface area contributed by atoms with E-state index in [9.17, 15) is 4.79 Å². The number of carbonyl (C=O) groups excluding carboxylic acids is 1. The van der Waals surface area contributed by atoms with Gasteiger partial charge in [0.25, 0.3) is 0 Å². The molecule has 5 nitrogen and oxygen atoms in total.